The Morgan fingerprint density at radius 2 is 1.63 bits per heavy atom. The molecule has 4 aromatic rings. The van der Waals surface area contributed by atoms with Crippen LogP contribution in [0.25, 0.3) is 21.7 Å². The fraction of sp³-hybridized carbons (Fsp3) is 0.130. The summed E-state index contributed by atoms with van der Waals surface area (Å²) < 4.78 is 0. The number of nitrogens with one attached hydrogen (secondary N) is 2. The van der Waals surface area contributed by atoms with Crippen molar-refractivity contribution in [3.8, 4) is 0 Å². The van der Waals surface area contributed by atoms with Crippen LogP contribution in [0.3, 0.4) is 0 Å². The predicted octanol–water partition coefficient (Wildman–Crippen LogP) is 4.10. The van der Waals surface area contributed by atoms with Crippen molar-refractivity contribution in [1.29, 1.82) is 0 Å². The van der Waals surface area contributed by atoms with E-state index in [1.165, 1.54) is 5.39 Å². The molecule has 1 aromatic heterocycles. The predicted molar refractivity (Wildman–Crippen MR) is 109 cm³/mol. The first kappa shape index (κ1) is 17.0. The minimum Gasteiger partial charge on any atom is -0.349 e. The van der Waals surface area contributed by atoms with Crippen molar-refractivity contribution in [1.82, 2.24) is 10.3 Å². The van der Waals surface area contributed by atoms with E-state index in [1.807, 2.05) is 49.4 Å². The summed E-state index contributed by atoms with van der Waals surface area (Å²) in [5.74, 6) is -0.170. The Labute approximate surface area is 156 Å². The van der Waals surface area contributed by atoms with Crippen LogP contribution in [0.1, 0.15) is 24.1 Å². The number of para-hydroxylation sites is 1. The summed E-state index contributed by atoms with van der Waals surface area (Å²) in [6.45, 7) is 1.95. The van der Waals surface area contributed by atoms with Crippen LogP contribution in [0.2, 0.25) is 0 Å². The first-order chi connectivity index (χ1) is 13.1. The molecule has 1 amide bonds. The van der Waals surface area contributed by atoms with E-state index in [2.05, 4.69) is 34.6 Å². The van der Waals surface area contributed by atoms with Crippen LogP contribution < -0.4 is 10.9 Å². The molecule has 0 spiro atoms. The van der Waals surface area contributed by atoms with Crippen molar-refractivity contribution >= 4 is 27.6 Å². The Bertz CT molecular complexity index is 1190. The largest absolute Gasteiger partial charge is 0.349 e. The Kier molecular flexibility index (Phi) is 4.47. The third-order valence-electron chi connectivity index (χ3n) is 4.83. The van der Waals surface area contributed by atoms with Crippen molar-refractivity contribution in [3.05, 3.63) is 94.3 Å². The number of aromatic amines is 1. The number of rotatable bonds is 4. The van der Waals surface area contributed by atoms with Gasteiger partial charge in [0.05, 0.1) is 12.5 Å². The van der Waals surface area contributed by atoms with Crippen molar-refractivity contribution in [2.45, 2.75) is 19.4 Å². The summed E-state index contributed by atoms with van der Waals surface area (Å²) in [6, 6.07) is 23.5. The maximum atomic E-state index is 12.5. The summed E-state index contributed by atoms with van der Waals surface area (Å²) in [4.78, 5) is 27.6. The number of fused-ring (bicyclic) bond motifs is 2. The lowest BCUT2D eigenvalue weighted by atomic mass is 10.0. The Balaban J connectivity index is 1.51. The molecule has 0 bridgehead atoms. The zero-order valence-electron chi connectivity index (χ0n) is 15.0. The van der Waals surface area contributed by atoms with E-state index in [0.717, 1.165) is 21.9 Å². The molecule has 4 heteroatoms. The summed E-state index contributed by atoms with van der Waals surface area (Å²) in [6.07, 6.45) is 0.0537. The zero-order chi connectivity index (χ0) is 18.8. The third kappa shape index (κ3) is 3.60. The van der Waals surface area contributed by atoms with Crippen molar-refractivity contribution in [3.63, 3.8) is 0 Å². The fourth-order valence-corrected chi connectivity index (χ4v) is 3.35. The van der Waals surface area contributed by atoms with Crippen LogP contribution in [-0.2, 0) is 11.2 Å². The van der Waals surface area contributed by atoms with Gasteiger partial charge in [0, 0.05) is 11.1 Å². The highest BCUT2D eigenvalue weighted by atomic mass is 16.2. The topological polar surface area (TPSA) is 62.0 Å². The SMILES string of the molecule is CC(NC(=O)Cc1cc2ccccc2[nH]c1=O)c1ccc2ccccc2c1. The maximum absolute atomic E-state index is 12.5. The molecule has 0 fully saturated rings. The molecule has 3 aromatic carbocycles. The van der Waals surface area contributed by atoms with Crippen LogP contribution in [0.5, 0.6) is 0 Å². The second-order valence-electron chi connectivity index (χ2n) is 6.78. The molecule has 0 saturated heterocycles. The molecule has 27 heavy (non-hydrogen) atoms. The Morgan fingerprint density at radius 1 is 0.926 bits per heavy atom. The number of amides is 1. The molecule has 134 valence electrons. The number of carbonyl (C=O) groups is 1. The van der Waals surface area contributed by atoms with Crippen LogP contribution in [0.4, 0.5) is 0 Å². The maximum Gasteiger partial charge on any atom is 0.252 e. The first-order valence-corrected chi connectivity index (χ1v) is 8.99. The minimum absolute atomic E-state index is 0.0537. The van der Waals surface area contributed by atoms with E-state index in [9.17, 15) is 9.59 Å². The number of hydrogen-bond acceptors (Lipinski definition) is 2. The van der Waals surface area contributed by atoms with E-state index in [4.69, 9.17) is 0 Å². The molecular weight excluding hydrogens is 336 g/mol. The van der Waals surface area contributed by atoms with Gasteiger partial charge in [-0.1, -0.05) is 54.6 Å². The molecule has 0 aliphatic rings. The minimum atomic E-state index is -0.220. The number of aromatic nitrogens is 1. The van der Waals surface area contributed by atoms with Crippen LogP contribution >= 0.6 is 0 Å². The monoisotopic (exact) mass is 356 g/mol. The van der Waals surface area contributed by atoms with Gasteiger partial charge in [-0.3, -0.25) is 9.59 Å². The standard InChI is InChI=1S/C23H20N2O2/c1-15(17-11-10-16-6-2-3-7-18(16)12-17)24-22(26)14-20-13-19-8-4-5-9-21(19)25-23(20)27/h2-13,15H,14H2,1H3,(H,24,26)(H,25,27). The van der Waals surface area contributed by atoms with Gasteiger partial charge in [-0.05, 0) is 46.8 Å². The highest BCUT2D eigenvalue weighted by Crippen LogP contribution is 2.20. The van der Waals surface area contributed by atoms with Gasteiger partial charge in [-0.25, -0.2) is 0 Å². The normalized spacial score (nSPS) is 12.2. The second-order valence-corrected chi connectivity index (χ2v) is 6.78. The van der Waals surface area contributed by atoms with Gasteiger partial charge in [0.2, 0.25) is 5.91 Å². The highest BCUT2D eigenvalue weighted by Gasteiger charge is 2.13. The van der Waals surface area contributed by atoms with Crippen LogP contribution in [0, 0.1) is 0 Å². The molecule has 0 aliphatic heterocycles. The van der Waals surface area contributed by atoms with Gasteiger partial charge in [0.15, 0.2) is 0 Å². The van der Waals surface area contributed by atoms with Crippen molar-refractivity contribution in [2.75, 3.05) is 0 Å². The molecular formula is C23H20N2O2. The van der Waals surface area contributed by atoms with Crippen LogP contribution in [0.15, 0.2) is 77.6 Å². The van der Waals surface area contributed by atoms with Crippen LogP contribution in [-0.4, -0.2) is 10.9 Å². The summed E-state index contributed by atoms with van der Waals surface area (Å²) >= 11 is 0. The van der Waals surface area contributed by atoms with Gasteiger partial charge in [0.25, 0.3) is 5.56 Å². The molecule has 1 unspecified atom stereocenters. The quantitative estimate of drug-likeness (QED) is 0.578. The smallest absolute Gasteiger partial charge is 0.252 e. The average molecular weight is 356 g/mol. The number of H-pyrrole nitrogens is 1. The Morgan fingerprint density at radius 3 is 2.44 bits per heavy atom. The molecule has 4 rings (SSSR count). The molecule has 1 atom stereocenters. The van der Waals surface area contributed by atoms with Crippen molar-refractivity contribution in [2.24, 2.45) is 0 Å². The lowest BCUT2D eigenvalue weighted by Crippen LogP contribution is -2.30. The molecule has 1 heterocycles. The van der Waals surface area contributed by atoms with Gasteiger partial charge in [-0.2, -0.15) is 0 Å². The van der Waals surface area contributed by atoms with E-state index >= 15 is 0 Å². The second kappa shape index (κ2) is 7.08. The van der Waals surface area contributed by atoms with Crippen molar-refractivity contribution < 1.29 is 4.79 Å². The van der Waals surface area contributed by atoms with Gasteiger partial charge in [-0.15, -0.1) is 0 Å². The summed E-state index contributed by atoms with van der Waals surface area (Å²) in [5, 5.41) is 6.22. The van der Waals surface area contributed by atoms with E-state index in [1.54, 1.807) is 6.07 Å². The number of carbonyl (C=O) groups excluding carboxylic acids is 1. The fourth-order valence-electron chi connectivity index (χ4n) is 3.35. The first-order valence-electron chi connectivity index (χ1n) is 8.99. The van der Waals surface area contributed by atoms with Gasteiger partial charge in [0.1, 0.15) is 0 Å². The Hall–Kier alpha value is -3.40. The average Bonchev–Trinajstić information content (AvgIpc) is 2.68. The van der Waals surface area contributed by atoms with E-state index in [0.29, 0.717) is 5.56 Å². The number of hydrogen-bond donors (Lipinski definition) is 2. The molecule has 0 aliphatic carbocycles. The summed E-state index contributed by atoms with van der Waals surface area (Å²) in [7, 11) is 0. The molecule has 4 nitrogen and oxygen atoms in total. The lowest BCUT2D eigenvalue weighted by Gasteiger charge is -2.15. The third-order valence-corrected chi connectivity index (χ3v) is 4.83. The number of pyridine rings is 1. The number of benzene rings is 3. The zero-order valence-corrected chi connectivity index (χ0v) is 15.0. The summed E-state index contributed by atoms with van der Waals surface area (Å²) in [5.41, 5.74) is 2.06. The molecule has 0 radical (unpaired) electrons. The van der Waals surface area contributed by atoms with Gasteiger partial charge < -0.3 is 10.3 Å². The molecule has 2 N–H and O–H groups in total. The highest BCUT2D eigenvalue weighted by molar-refractivity contribution is 5.84. The lowest BCUT2D eigenvalue weighted by molar-refractivity contribution is -0.121. The molecule has 0 saturated carbocycles. The van der Waals surface area contributed by atoms with E-state index in [-0.39, 0.29) is 23.9 Å². The van der Waals surface area contributed by atoms with E-state index < -0.39 is 0 Å². The van der Waals surface area contributed by atoms with Gasteiger partial charge >= 0.3 is 0 Å².